The fourth-order valence-electron chi connectivity index (χ4n) is 2.18. The number of rotatable bonds is 8. The molecule has 1 heterocycles. The molecule has 0 aliphatic rings. The van der Waals surface area contributed by atoms with Crippen molar-refractivity contribution < 1.29 is 0 Å². The Labute approximate surface area is 127 Å². The number of nitrogens with one attached hydrogen (secondary N) is 2. The van der Waals surface area contributed by atoms with Crippen LogP contribution in [0, 0.1) is 0 Å². The van der Waals surface area contributed by atoms with Crippen LogP contribution < -0.4 is 10.6 Å². The van der Waals surface area contributed by atoms with E-state index in [0.29, 0.717) is 12.6 Å². The van der Waals surface area contributed by atoms with Gasteiger partial charge in [0.2, 0.25) is 0 Å². The summed E-state index contributed by atoms with van der Waals surface area (Å²) >= 11 is 0. The zero-order valence-electron chi connectivity index (χ0n) is 13.9. The van der Waals surface area contributed by atoms with Crippen LogP contribution in [0.1, 0.15) is 33.5 Å². The number of aromatic nitrogens is 3. The fourth-order valence-corrected chi connectivity index (χ4v) is 2.18. The Kier molecular flexibility index (Phi) is 7.74. The average Bonchev–Trinajstić information content (AvgIpc) is 2.88. The molecule has 0 bridgehead atoms. The van der Waals surface area contributed by atoms with E-state index < -0.39 is 0 Å². The molecule has 0 radical (unpaired) electrons. The van der Waals surface area contributed by atoms with Gasteiger partial charge in [-0.1, -0.05) is 13.8 Å². The first-order valence-corrected chi connectivity index (χ1v) is 7.71. The van der Waals surface area contributed by atoms with Crippen LogP contribution in [0.4, 0.5) is 0 Å². The summed E-state index contributed by atoms with van der Waals surface area (Å²) in [6.07, 6.45) is 1.55. The predicted octanol–water partition coefficient (Wildman–Crippen LogP) is 0.601. The maximum absolute atomic E-state index is 4.55. The van der Waals surface area contributed by atoms with Gasteiger partial charge < -0.3 is 10.6 Å². The third-order valence-electron chi connectivity index (χ3n) is 3.53. The van der Waals surface area contributed by atoms with Gasteiger partial charge in [0.15, 0.2) is 5.96 Å². The normalized spacial score (nSPS) is 13.5. The number of hydrogen-bond acceptors (Lipinski definition) is 4. The van der Waals surface area contributed by atoms with Crippen molar-refractivity contribution in [1.82, 2.24) is 30.3 Å². The summed E-state index contributed by atoms with van der Waals surface area (Å²) in [7, 11) is 1.88. The summed E-state index contributed by atoms with van der Waals surface area (Å²) in [4.78, 5) is 11.1. The highest BCUT2D eigenvalue weighted by atomic mass is 15.3. The summed E-state index contributed by atoms with van der Waals surface area (Å²) in [5, 5.41) is 10.7. The van der Waals surface area contributed by atoms with E-state index in [1.807, 2.05) is 7.05 Å². The van der Waals surface area contributed by atoms with Crippen molar-refractivity contribution in [1.29, 1.82) is 0 Å². The molecule has 0 saturated heterocycles. The standard InChI is InChI=1S/C14H29N7/c1-6-15-14(16-9-12(4)21(7-2)8-3)17-10-13-18-11-19-20(13)5/h11-12H,6-10H2,1-5H3,(H2,15,16,17). The van der Waals surface area contributed by atoms with Crippen molar-refractivity contribution in [2.24, 2.45) is 12.0 Å². The quantitative estimate of drug-likeness (QED) is 0.543. The molecular weight excluding hydrogens is 266 g/mol. The van der Waals surface area contributed by atoms with Crippen molar-refractivity contribution in [2.75, 3.05) is 26.2 Å². The van der Waals surface area contributed by atoms with Gasteiger partial charge in [0, 0.05) is 26.2 Å². The molecule has 0 aromatic carbocycles. The molecule has 1 aromatic heterocycles. The molecule has 120 valence electrons. The lowest BCUT2D eigenvalue weighted by Crippen LogP contribution is -2.46. The number of nitrogens with zero attached hydrogens (tertiary/aromatic N) is 5. The summed E-state index contributed by atoms with van der Waals surface area (Å²) < 4.78 is 1.74. The van der Waals surface area contributed by atoms with Crippen molar-refractivity contribution >= 4 is 5.96 Å². The first-order valence-electron chi connectivity index (χ1n) is 7.71. The van der Waals surface area contributed by atoms with E-state index >= 15 is 0 Å². The number of aryl methyl sites for hydroxylation is 1. The second kappa shape index (κ2) is 9.33. The van der Waals surface area contributed by atoms with Crippen LogP contribution in [-0.2, 0) is 13.6 Å². The van der Waals surface area contributed by atoms with E-state index in [2.05, 4.69) is 58.3 Å². The van der Waals surface area contributed by atoms with Gasteiger partial charge in [-0.15, -0.1) is 0 Å². The Bertz CT molecular complexity index is 423. The molecule has 0 fully saturated rings. The predicted molar refractivity (Wildman–Crippen MR) is 86.2 cm³/mol. The maximum Gasteiger partial charge on any atom is 0.191 e. The van der Waals surface area contributed by atoms with Crippen LogP contribution >= 0.6 is 0 Å². The molecule has 2 N–H and O–H groups in total. The van der Waals surface area contributed by atoms with Gasteiger partial charge in [0.25, 0.3) is 0 Å². The SMILES string of the molecule is CCNC(=NCc1ncnn1C)NCC(C)N(CC)CC. The summed E-state index contributed by atoms with van der Waals surface area (Å²) in [5.41, 5.74) is 0. The molecule has 7 nitrogen and oxygen atoms in total. The molecule has 1 atom stereocenters. The highest BCUT2D eigenvalue weighted by molar-refractivity contribution is 5.79. The maximum atomic E-state index is 4.55. The zero-order chi connectivity index (χ0) is 15.7. The Morgan fingerprint density at radius 2 is 2.05 bits per heavy atom. The van der Waals surface area contributed by atoms with Crippen LogP contribution in [0.25, 0.3) is 0 Å². The smallest absolute Gasteiger partial charge is 0.191 e. The number of likely N-dealkylation sites (N-methyl/N-ethyl adjacent to an activating group) is 1. The molecule has 21 heavy (non-hydrogen) atoms. The van der Waals surface area contributed by atoms with Crippen LogP contribution in [0.5, 0.6) is 0 Å². The lowest BCUT2D eigenvalue weighted by molar-refractivity contribution is 0.231. The number of guanidine groups is 1. The molecular formula is C14H29N7. The summed E-state index contributed by atoms with van der Waals surface area (Å²) in [5.74, 6) is 1.67. The second-order valence-electron chi connectivity index (χ2n) is 4.95. The van der Waals surface area contributed by atoms with Gasteiger partial charge in [-0.05, 0) is 26.9 Å². The highest BCUT2D eigenvalue weighted by Gasteiger charge is 2.10. The van der Waals surface area contributed by atoms with Gasteiger partial charge in [0.05, 0.1) is 0 Å². The Hall–Kier alpha value is -1.63. The topological polar surface area (TPSA) is 70.4 Å². The van der Waals surface area contributed by atoms with Crippen LogP contribution in [0.3, 0.4) is 0 Å². The molecule has 1 unspecified atom stereocenters. The molecule has 1 aromatic rings. The van der Waals surface area contributed by atoms with E-state index in [9.17, 15) is 0 Å². The van der Waals surface area contributed by atoms with Gasteiger partial charge >= 0.3 is 0 Å². The monoisotopic (exact) mass is 295 g/mol. The van der Waals surface area contributed by atoms with Crippen molar-refractivity contribution in [2.45, 2.75) is 40.3 Å². The molecule has 7 heteroatoms. The Morgan fingerprint density at radius 3 is 2.57 bits per heavy atom. The molecule has 0 saturated carbocycles. The van der Waals surface area contributed by atoms with Gasteiger partial charge in [-0.2, -0.15) is 5.10 Å². The van der Waals surface area contributed by atoms with Crippen molar-refractivity contribution in [3.8, 4) is 0 Å². The minimum Gasteiger partial charge on any atom is -0.357 e. The Balaban J connectivity index is 2.55. The third-order valence-corrected chi connectivity index (χ3v) is 3.53. The van der Waals surface area contributed by atoms with Crippen molar-refractivity contribution in [3.05, 3.63) is 12.2 Å². The van der Waals surface area contributed by atoms with Crippen molar-refractivity contribution in [3.63, 3.8) is 0 Å². The van der Waals surface area contributed by atoms with E-state index in [0.717, 1.165) is 38.0 Å². The van der Waals surface area contributed by atoms with E-state index in [1.165, 1.54) is 0 Å². The first-order chi connectivity index (χ1) is 10.1. The van der Waals surface area contributed by atoms with Gasteiger partial charge in [0.1, 0.15) is 18.7 Å². The number of aliphatic imine (C=N–C) groups is 1. The average molecular weight is 295 g/mol. The molecule has 0 spiro atoms. The van der Waals surface area contributed by atoms with E-state index in [1.54, 1.807) is 11.0 Å². The van der Waals surface area contributed by atoms with Gasteiger partial charge in [-0.3, -0.25) is 9.58 Å². The first kappa shape index (κ1) is 17.4. The Morgan fingerprint density at radius 1 is 1.33 bits per heavy atom. The fraction of sp³-hybridized carbons (Fsp3) is 0.786. The van der Waals surface area contributed by atoms with Gasteiger partial charge in [-0.25, -0.2) is 9.98 Å². The van der Waals surface area contributed by atoms with Crippen LogP contribution in [0.2, 0.25) is 0 Å². The minimum absolute atomic E-state index is 0.471. The zero-order valence-corrected chi connectivity index (χ0v) is 13.9. The molecule has 0 amide bonds. The largest absolute Gasteiger partial charge is 0.357 e. The number of hydrogen-bond donors (Lipinski definition) is 2. The van der Waals surface area contributed by atoms with Crippen LogP contribution in [0.15, 0.2) is 11.3 Å². The van der Waals surface area contributed by atoms with Crippen LogP contribution in [-0.4, -0.2) is 57.8 Å². The molecule has 0 aliphatic heterocycles. The third kappa shape index (κ3) is 5.71. The summed E-state index contributed by atoms with van der Waals surface area (Å²) in [6.45, 7) is 13.0. The molecule has 1 rings (SSSR count). The van der Waals surface area contributed by atoms with E-state index in [-0.39, 0.29) is 0 Å². The lowest BCUT2D eigenvalue weighted by Gasteiger charge is -2.27. The highest BCUT2D eigenvalue weighted by Crippen LogP contribution is 1.97. The second-order valence-corrected chi connectivity index (χ2v) is 4.95. The summed E-state index contributed by atoms with van der Waals surface area (Å²) in [6, 6.07) is 0.471. The minimum atomic E-state index is 0.471. The lowest BCUT2D eigenvalue weighted by atomic mass is 10.3. The van der Waals surface area contributed by atoms with E-state index in [4.69, 9.17) is 0 Å². The molecule has 0 aliphatic carbocycles.